The summed E-state index contributed by atoms with van der Waals surface area (Å²) in [6, 6.07) is 16.1. The van der Waals surface area contributed by atoms with Gasteiger partial charge in [-0.2, -0.15) is 0 Å². The minimum absolute atomic E-state index is 0.121. The summed E-state index contributed by atoms with van der Waals surface area (Å²) in [4.78, 5) is 38.1. The molecule has 0 saturated carbocycles. The fourth-order valence-electron chi connectivity index (χ4n) is 4.67. The van der Waals surface area contributed by atoms with Crippen molar-refractivity contribution in [2.45, 2.75) is 25.9 Å². The number of rotatable bonds is 6. The number of methoxy groups -OCH3 is 1. The van der Waals surface area contributed by atoms with Crippen LogP contribution in [0.5, 0.6) is 11.5 Å². The largest absolute Gasteiger partial charge is 0.504 e. The molecule has 10 heteroatoms. The Kier molecular flexibility index (Phi) is 10.3. The molecule has 0 bridgehead atoms. The number of phenols is 1. The van der Waals surface area contributed by atoms with Crippen molar-refractivity contribution < 1.29 is 34.4 Å². The van der Waals surface area contributed by atoms with E-state index in [2.05, 4.69) is 39.0 Å². The van der Waals surface area contributed by atoms with Gasteiger partial charge in [-0.25, -0.2) is 9.59 Å². The first kappa shape index (κ1) is 27.9. The van der Waals surface area contributed by atoms with Gasteiger partial charge in [0.05, 0.1) is 7.11 Å². The number of amides is 1. The number of piperazine rings is 1. The predicted octanol–water partition coefficient (Wildman–Crippen LogP) is 2.11. The van der Waals surface area contributed by atoms with Crippen LogP contribution in [-0.2, 0) is 27.5 Å². The lowest BCUT2D eigenvalue weighted by molar-refractivity contribution is -0.159. The van der Waals surface area contributed by atoms with Gasteiger partial charge in [0, 0.05) is 50.7 Å². The summed E-state index contributed by atoms with van der Waals surface area (Å²) in [5.74, 6) is -2.48. The van der Waals surface area contributed by atoms with Gasteiger partial charge in [-0.3, -0.25) is 14.6 Å². The molecule has 2 aromatic carbocycles. The number of likely N-dealkylation sites (tertiary alicyclic amines) is 1. The quantitative estimate of drug-likeness (QED) is 0.497. The Morgan fingerprint density at radius 2 is 1.41 bits per heavy atom. The molecule has 0 unspecified atom stereocenters. The van der Waals surface area contributed by atoms with Crippen molar-refractivity contribution in [3.63, 3.8) is 0 Å². The molecule has 3 N–H and O–H groups in total. The summed E-state index contributed by atoms with van der Waals surface area (Å²) >= 11 is 0. The van der Waals surface area contributed by atoms with Crippen LogP contribution >= 0.6 is 0 Å². The third-order valence-electron chi connectivity index (χ3n) is 6.75. The van der Waals surface area contributed by atoms with Crippen LogP contribution in [0, 0.1) is 5.92 Å². The highest BCUT2D eigenvalue weighted by Gasteiger charge is 2.30. The SMILES string of the molecule is COc1cccc(CN2CCC(C(=O)N3CCN(Cc4ccccc4)CC3)CC2)c1O.O=C(O)C(=O)O. The van der Waals surface area contributed by atoms with Gasteiger partial charge in [-0.15, -0.1) is 0 Å². The minimum Gasteiger partial charge on any atom is -0.504 e. The predicted molar refractivity (Wildman–Crippen MR) is 136 cm³/mol. The van der Waals surface area contributed by atoms with E-state index >= 15 is 0 Å². The molecule has 1 amide bonds. The number of carbonyl (C=O) groups excluding carboxylic acids is 1. The summed E-state index contributed by atoms with van der Waals surface area (Å²) < 4.78 is 5.21. The highest BCUT2D eigenvalue weighted by molar-refractivity contribution is 6.27. The maximum absolute atomic E-state index is 13.1. The van der Waals surface area contributed by atoms with Crippen LogP contribution in [0.15, 0.2) is 48.5 Å². The molecule has 4 rings (SSSR count). The van der Waals surface area contributed by atoms with Crippen molar-refractivity contribution in [2.24, 2.45) is 5.92 Å². The van der Waals surface area contributed by atoms with Crippen molar-refractivity contribution >= 4 is 17.8 Å². The van der Waals surface area contributed by atoms with Crippen molar-refractivity contribution in [2.75, 3.05) is 46.4 Å². The maximum atomic E-state index is 13.1. The number of aliphatic carboxylic acids is 2. The fourth-order valence-corrected chi connectivity index (χ4v) is 4.67. The number of nitrogens with zero attached hydrogens (tertiary/aromatic N) is 3. The number of carboxylic acids is 2. The van der Waals surface area contributed by atoms with Crippen LogP contribution in [0.1, 0.15) is 24.0 Å². The third kappa shape index (κ3) is 8.19. The first-order valence-corrected chi connectivity index (χ1v) is 12.4. The highest BCUT2D eigenvalue weighted by Crippen LogP contribution is 2.31. The Labute approximate surface area is 216 Å². The molecule has 2 fully saturated rings. The van der Waals surface area contributed by atoms with E-state index in [-0.39, 0.29) is 11.7 Å². The van der Waals surface area contributed by atoms with Gasteiger partial charge in [-0.05, 0) is 37.6 Å². The Morgan fingerprint density at radius 3 is 1.97 bits per heavy atom. The van der Waals surface area contributed by atoms with E-state index in [4.69, 9.17) is 24.5 Å². The fraction of sp³-hybridized carbons (Fsp3) is 0.444. The number of carbonyl (C=O) groups is 3. The number of hydrogen-bond acceptors (Lipinski definition) is 7. The molecule has 37 heavy (non-hydrogen) atoms. The first-order valence-electron chi connectivity index (χ1n) is 12.4. The molecule has 0 radical (unpaired) electrons. The molecule has 2 saturated heterocycles. The Bertz CT molecular complexity index is 1040. The minimum atomic E-state index is -1.82. The molecular weight excluding hydrogens is 478 g/mol. The van der Waals surface area contributed by atoms with E-state index < -0.39 is 11.9 Å². The molecule has 0 spiro atoms. The lowest BCUT2D eigenvalue weighted by Crippen LogP contribution is -2.51. The standard InChI is InChI=1S/C25H33N3O3.C2H2O4/c1-31-23-9-5-8-22(24(23)29)19-26-12-10-21(11-13-26)25(30)28-16-14-27(15-17-28)18-20-6-3-2-4-7-20;3-1(4)2(5)6/h2-9,21,29H,10-19H2,1H3;(H,3,4)(H,5,6). The Hall–Kier alpha value is -3.63. The summed E-state index contributed by atoms with van der Waals surface area (Å²) in [5.41, 5.74) is 2.20. The molecule has 200 valence electrons. The summed E-state index contributed by atoms with van der Waals surface area (Å²) in [6.45, 7) is 6.92. The topological polar surface area (TPSA) is 131 Å². The van der Waals surface area contributed by atoms with Gasteiger partial charge in [0.2, 0.25) is 5.91 Å². The molecule has 2 aromatic rings. The van der Waals surface area contributed by atoms with E-state index in [1.165, 1.54) is 5.56 Å². The van der Waals surface area contributed by atoms with Gasteiger partial charge in [0.25, 0.3) is 0 Å². The van der Waals surface area contributed by atoms with Crippen LogP contribution in [-0.4, -0.2) is 94.2 Å². The molecule has 0 aromatic heterocycles. The highest BCUT2D eigenvalue weighted by atomic mass is 16.5. The summed E-state index contributed by atoms with van der Waals surface area (Å²) in [5, 5.41) is 25.1. The number of para-hydroxylation sites is 1. The number of carboxylic acid groups (broad SMARTS) is 2. The number of phenolic OH excluding ortho intramolecular Hbond substituents is 1. The van der Waals surface area contributed by atoms with Crippen molar-refractivity contribution in [3.05, 3.63) is 59.7 Å². The van der Waals surface area contributed by atoms with Crippen LogP contribution in [0.2, 0.25) is 0 Å². The average molecular weight is 514 g/mol. The van der Waals surface area contributed by atoms with Gasteiger partial charge in [0.1, 0.15) is 0 Å². The van der Waals surface area contributed by atoms with E-state index in [1.807, 2.05) is 18.2 Å². The molecule has 2 heterocycles. The summed E-state index contributed by atoms with van der Waals surface area (Å²) in [6.07, 6.45) is 1.77. The van der Waals surface area contributed by atoms with Gasteiger partial charge in [-0.1, -0.05) is 42.5 Å². The Morgan fingerprint density at radius 1 is 0.811 bits per heavy atom. The molecule has 2 aliphatic heterocycles. The zero-order valence-corrected chi connectivity index (χ0v) is 21.1. The lowest BCUT2D eigenvalue weighted by Gasteiger charge is -2.38. The number of piperidine rings is 1. The molecule has 0 atom stereocenters. The second kappa shape index (κ2) is 13.6. The van der Waals surface area contributed by atoms with Crippen LogP contribution in [0.25, 0.3) is 0 Å². The molecule has 10 nitrogen and oxygen atoms in total. The van der Waals surface area contributed by atoms with Crippen LogP contribution < -0.4 is 4.74 Å². The van der Waals surface area contributed by atoms with E-state index in [0.717, 1.165) is 64.2 Å². The van der Waals surface area contributed by atoms with Crippen LogP contribution in [0.4, 0.5) is 0 Å². The van der Waals surface area contributed by atoms with Crippen molar-refractivity contribution in [3.8, 4) is 11.5 Å². The van der Waals surface area contributed by atoms with E-state index in [1.54, 1.807) is 13.2 Å². The summed E-state index contributed by atoms with van der Waals surface area (Å²) in [7, 11) is 1.57. The number of aromatic hydroxyl groups is 1. The second-order valence-corrected chi connectivity index (χ2v) is 9.22. The van der Waals surface area contributed by atoms with E-state index in [0.29, 0.717) is 18.2 Å². The second-order valence-electron chi connectivity index (χ2n) is 9.22. The monoisotopic (exact) mass is 513 g/mol. The third-order valence-corrected chi connectivity index (χ3v) is 6.75. The van der Waals surface area contributed by atoms with Crippen molar-refractivity contribution in [1.29, 1.82) is 0 Å². The van der Waals surface area contributed by atoms with Gasteiger partial charge in [0.15, 0.2) is 11.5 Å². The normalized spacial score (nSPS) is 16.9. The first-order chi connectivity index (χ1) is 17.8. The molecule has 0 aliphatic carbocycles. The van der Waals surface area contributed by atoms with Gasteiger partial charge < -0.3 is 25.0 Å². The Balaban J connectivity index is 0.000000568. The molecule has 2 aliphatic rings. The molecular formula is C27H35N3O7. The van der Waals surface area contributed by atoms with Gasteiger partial charge >= 0.3 is 11.9 Å². The van der Waals surface area contributed by atoms with Crippen LogP contribution in [0.3, 0.4) is 0 Å². The van der Waals surface area contributed by atoms with E-state index in [9.17, 15) is 9.90 Å². The smallest absolute Gasteiger partial charge is 0.414 e. The average Bonchev–Trinajstić information content (AvgIpc) is 2.91. The maximum Gasteiger partial charge on any atom is 0.414 e. The number of benzene rings is 2. The zero-order valence-electron chi connectivity index (χ0n) is 21.1. The number of ether oxygens (including phenoxy) is 1. The van der Waals surface area contributed by atoms with Crippen molar-refractivity contribution in [1.82, 2.24) is 14.7 Å². The lowest BCUT2D eigenvalue weighted by atomic mass is 9.94. The number of hydrogen-bond donors (Lipinski definition) is 3. The zero-order chi connectivity index (χ0) is 26.8.